The molecule has 4 heteroatoms. The molecule has 1 unspecified atom stereocenters. The Bertz CT molecular complexity index is 611. The molecule has 2 aromatic rings. The molecule has 0 saturated heterocycles. The van der Waals surface area contributed by atoms with Gasteiger partial charge < -0.3 is 5.32 Å². The monoisotopic (exact) mass is 279 g/mol. The smallest absolute Gasteiger partial charge is 0.130 e. The molecule has 0 aliphatic carbocycles. The van der Waals surface area contributed by atoms with Crippen molar-refractivity contribution in [3.05, 3.63) is 70.5 Å². The lowest BCUT2D eigenvalue weighted by atomic mass is 9.96. The Morgan fingerprint density at radius 1 is 1.00 bits per heavy atom. The van der Waals surface area contributed by atoms with Crippen molar-refractivity contribution >= 4 is 0 Å². The molecule has 0 aromatic heterocycles. The van der Waals surface area contributed by atoms with Crippen molar-refractivity contribution < 1.29 is 13.2 Å². The molecule has 0 fully saturated rings. The maximum Gasteiger partial charge on any atom is 0.130 e. The highest BCUT2D eigenvalue weighted by Crippen LogP contribution is 2.24. The van der Waals surface area contributed by atoms with Crippen LogP contribution in [0.4, 0.5) is 13.2 Å². The van der Waals surface area contributed by atoms with E-state index >= 15 is 0 Å². The van der Waals surface area contributed by atoms with Gasteiger partial charge in [-0.2, -0.15) is 0 Å². The van der Waals surface area contributed by atoms with E-state index in [0.717, 1.165) is 6.07 Å². The van der Waals surface area contributed by atoms with Gasteiger partial charge in [-0.25, -0.2) is 13.2 Å². The molecular formula is C16H16F3N. The summed E-state index contributed by atoms with van der Waals surface area (Å²) in [6.45, 7) is 1.58. The lowest BCUT2D eigenvalue weighted by Gasteiger charge is -2.18. The molecule has 2 rings (SSSR count). The third-order valence-electron chi connectivity index (χ3n) is 3.38. The van der Waals surface area contributed by atoms with Crippen LogP contribution in [0.2, 0.25) is 0 Å². The van der Waals surface area contributed by atoms with Crippen LogP contribution in [0, 0.1) is 24.4 Å². The summed E-state index contributed by atoms with van der Waals surface area (Å²) < 4.78 is 40.9. The lowest BCUT2D eigenvalue weighted by molar-refractivity contribution is 0.509. The average molecular weight is 279 g/mol. The van der Waals surface area contributed by atoms with E-state index in [1.54, 1.807) is 32.2 Å². The summed E-state index contributed by atoms with van der Waals surface area (Å²) in [6, 6.07) is 8.30. The zero-order valence-electron chi connectivity index (χ0n) is 11.4. The van der Waals surface area contributed by atoms with Crippen LogP contribution in [0.25, 0.3) is 0 Å². The van der Waals surface area contributed by atoms with Gasteiger partial charge in [-0.3, -0.25) is 0 Å². The molecule has 0 spiro atoms. The molecule has 20 heavy (non-hydrogen) atoms. The van der Waals surface area contributed by atoms with Crippen LogP contribution in [0.3, 0.4) is 0 Å². The van der Waals surface area contributed by atoms with Crippen LogP contribution in [0.5, 0.6) is 0 Å². The minimum absolute atomic E-state index is 0.297. The van der Waals surface area contributed by atoms with Crippen LogP contribution in [-0.4, -0.2) is 7.05 Å². The van der Waals surface area contributed by atoms with Gasteiger partial charge in [0.1, 0.15) is 17.5 Å². The van der Waals surface area contributed by atoms with Crippen molar-refractivity contribution in [3.63, 3.8) is 0 Å². The molecule has 0 bridgehead atoms. The zero-order valence-corrected chi connectivity index (χ0v) is 11.4. The third kappa shape index (κ3) is 3.02. The fourth-order valence-electron chi connectivity index (χ4n) is 2.20. The maximum atomic E-state index is 13.9. The summed E-state index contributed by atoms with van der Waals surface area (Å²) in [5.41, 5.74) is 1.21. The van der Waals surface area contributed by atoms with E-state index < -0.39 is 17.7 Å². The van der Waals surface area contributed by atoms with E-state index in [1.807, 2.05) is 0 Å². The summed E-state index contributed by atoms with van der Waals surface area (Å²) in [6.07, 6.45) is 0.297. The normalized spacial score (nSPS) is 12.4. The van der Waals surface area contributed by atoms with Gasteiger partial charge in [0.15, 0.2) is 0 Å². The molecule has 0 saturated carbocycles. The Morgan fingerprint density at radius 3 is 2.35 bits per heavy atom. The maximum absolute atomic E-state index is 13.9. The van der Waals surface area contributed by atoms with Crippen molar-refractivity contribution in [3.8, 4) is 0 Å². The van der Waals surface area contributed by atoms with Gasteiger partial charge in [0, 0.05) is 17.7 Å². The molecule has 2 aromatic carbocycles. The highest BCUT2D eigenvalue weighted by Gasteiger charge is 2.18. The molecule has 1 N–H and O–H groups in total. The third-order valence-corrected chi connectivity index (χ3v) is 3.38. The Morgan fingerprint density at radius 2 is 1.70 bits per heavy atom. The molecule has 0 heterocycles. The van der Waals surface area contributed by atoms with Crippen LogP contribution in [0.1, 0.15) is 22.7 Å². The first kappa shape index (κ1) is 14.6. The number of hydrogen-bond donors (Lipinski definition) is 1. The molecule has 0 radical (unpaired) electrons. The van der Waals surface area contributed by atoms with Crippen molar-refractivity contribution in [1.82, 2.24) is 5.32 Å². The number of nitrogens with one attached hydrogen (secondary N) is 1. The van der Waals surface area contributed by atoms with Gasteiger partial charge >= 0.3 is 0 Å². The van der Waals surface area contributed by atoms with Crippen molar-refractivity contribution in [2.24, 2.45) is 0 Å². The molecule has 0 aliphatic heterocycles. The molecule has 0 amide bonds. The number of benzene rings is 2. The number of rotatable bonds is 4. The van der Waals surface area contributed by atoms with Crippen LogP contribution >= 0.6 is 0 Å². The predicted molar refractivity (Wildman–Crippen MR) is 73.0 cm³/mol. The molecule has 1 atom stereocenters. The van der Waals surface area contributed by atoms with Crippen LogP contribution < -0.4 is 5.32 Å². The van der Waals surface area contributed by atoms with E-state index in [-0.39, 0.29) is 5.82 Å². The topological polar surface area (TPSA) is 12.0 Å². The Balaban J connectivity index is 2.34. The van der Waals surface area contributed by atoms with E-state index in [4.69, 9.17) is 0 Å². The molecule has 1 nitrogen and oxygen atoms in total. The number of halogens is 3. The van der Waals surface area contributed by atoms with Crippen LogP contribution in [0.15, 0.2) is 36.4 Å². The minimum atomic E-state index is -0.621. The Hall–Kier alpha value is -1.81. The van der Waals surface area contributed by atoms with Crippen molar-refractivity contribution in [2.45, 2.75) is 19.4 Å². The standard InChI is InChI=1S/C16H16F3N/c1-10-7-12(15(19)9-14(10)18)16(20-2)8-11-5-3-4-6-13(11)17/h3-7,9,16,20H,8H2,1-2H3. The average Bonchev–Trinajstić information content (AvgIpc) is 2.42. The summed E-state index contributed by atoms with van der Waals surface area (Å²) >= 11 is 0. The van der Waals surface area contributed by atoms with E-state index in [9.17, 15) is 13.2 Å². The summed E-state index contributed by atoms with van der Waals surface area (Å²) in [5.74, 6) is -1.53. The Labute approximate surface area is 116 Å². The first-order valence-corrected chi connectivity index (χ1v) is 6.39. The second-order valence-electron chi connectivity index (χ2n) is 4.76. The number of hydrogen-bond acceptors (Lipinski definition) is 1. The van der Waals surface area contributed by atoms with E-state index in [0.29, 0.717) is 23.1 Å². The molecule has 0 aliphatic rings. The van der Waals surface area contributed by atoms with Gasteiger partial charge in [-0.1, -0.05) is 18.2 Å². The first-order valence-electron chi connectivity index (χ1n) is 6.39. The lowest BCUT2D eigenvalue weighted by Crippen LogP contribution is -2.21. The quantitative estimate of drug-likeness (QED) is 0.894. The zero-order chi connectivity index (χ0) is 14.7. The highest BCUT2D eigenvalue weighted by molar-refractivity contribution is 5.30. The first-order chi connectivity index (χ1) is 9.52. The van der Waals surface area contributed by atoms with Gasteiger partial charge in [0.2, 0.25) is 0 Å². The summed E-state index contributed by atoms with van der Waals surface area (Å²) in [4.78, 5) is 0. The second kappa shape index (κ2) is 6.09. The summed E-state index contributed by atoms with van der Waals surface area (Å²) in [7, 11) is 1.67. The van der Waals surface area contributed by atoms with Gasteiger partial charge in [-0.05, 0) is 43.7 Å². The van der Waals surface area contributed by atoms with Gasteiger partial charge in [0.05, 0.1) is 0 Å². The second-order valence-corrected chi connectivity index (χ2v) is 4.76. The SMILES string of the molecule is CNC(Cc1ccccc1F)c1cc(C)c(F)cc1F. The van der Waals surface area contributed by atoms with Gasteiger partial charge in [0.25, 0.3) is 0 Å². The number of aryl methyl sites for hydroxylation is 1. The van der Waals surface area contributed by atoms with Crippen LogP contribution in [-0.2, 0) is 6.42 Å². The van der Waals surface area contributed by atoms with Crippen molar-refractivity contribution in [1.29, 1.82) is 0 Å². The fraction of sp³-hybridized carbons (Fsp3) is 0.250. The number of likely N-dealkylation sites (N-methyl/N-ethyl adjacent to an activating group) is 1. The fourth-order valence-corrected chi connectivity index (χ4v) is 2.20. The Kier molecular flexibility index (Phi) is 4.45. The van der Waals surface area contributed by atoms with Crippen molar-refractivity contribution in [2.75, 3.05) is 7.05 Å². The minimum Gasteiger partial charge on any atom is -0.313 e. The van der Waals surface area contributed by atoms with E-state index in [2.05, 4.69) is 5.32 Å². The molecule has 106 valence electrons. The largest absolute Gasteiger partial charge is 0.313 e. The van der Waals surface area contributed by atoms with E-state index in [1.165, 1.54) is 12.1 Å². The molecular weight excluding hydrogens is 263 g/mol. The highest BCUT2D eigenvalue weighted by atomic mass is 19.1. The van der Waals surface area contributed by atoms with Gasteiger partial charge in [-0.15, -0.1) is 0 Å². The predicted octanol–water partition coefficient (Wildman–Crippen LogP) is 3.92. The summed E-state index contributed by atoms with van der Waals surface area (Å²) in [5, 5.41) is 2.95.